The van der Waals surface area contributed by atoms with Crippen molar-refractivity contribution in [1.82, 2.24) is 9.55 Å². The quantitative estimate of drug-likeness (QED) is 0.660. The fourth-order valence-electron chi connectivity index (χ4n) is 1.38. The summed E-state index contributed by atoms with van der Waals surface area (Å²) in [6.45, 7) is 10.8. The lowest BCUT2D eigenvalue weighted by molar-refractivity contribution is 0.550. The molecule has 0 aromatic carbocycles. The lowest BCUT2D eigenvalue weighted by Crippen LogP contribution is -2.06. The van der Waals surface area contributed by atoms with Crippen molar-refractivity contribution in [2.75, 3.05) is 0 Å². The second kappa shape index (κ2) is 3.30. The predicted octanol–water partition coefficient (Wildman–Crippen LogP) is 2.90. The molecule has 12 heavy (non-hydrogen) atoms. The lowest BCUT2D eigenvalue weighted by atomic mass is 10.2. The molecule has 0 spiro atoms. The van der Waals surface area contributed by atoms with Gasteiger partial charge in [-0.3, -0.25) is 0 Å². The van der Waals surface area contributed by atoms with Crippen molar-refractivity contribution < 1.29 is 0 Å². The number of hydrogen-bond donors (Lipinski definition) is 0. The van der Waals surface area contributed by atoms with Gasteiger partial charge in [-0.05, 0) is 20.8 Å². The molecule has 0 bridgehead atoms. The third-order valence-corrected chi connectivity index (χ3v) is 1.95. The van der Waals surface area contributed by atoms with Gasteiger partial charge in [-0.2, -0.15) is 0 Å². The number of aromatic nitrogens is 2. The van der Waals surface area contributed by atoms with Crippen LogP contribution in [-0.4, -0.2) is 9.55 Å². The molecular formula is C10H18N2. The van der Waals surface area contributed by atoms with Gasteiger partial charge in [-0.1, -0.05) is 13.8 Å². The average Bonchev–Trinajstić information content (AvgIpc) is 2.31. The highest BCUT2D eigenvalue weighted by Crippen LogP contribution is 2.18. The minimum Gasteiger partial charge on any atom is -0.332 e. The standard InChI is InChI=1S/C10H18N2/c1-7(2)10-11-9(5)6-12(10)8(3)4/h6-8H,1-5H3. The van der Waals surface area contributed by atoms with E-state index in [9.17, 15) is 0 Å². The minimum absolute atomic E-state index is 0.515. The highest BCUT2D eigenvalue weighted by molar-refractivity contribution is 5.06. The van der Waals surface area contributed by atoms with Crippen LogP contribution < -0.4 is 0 Å². The van der Waals surface area contributed by atoms with Gasteiger partial charge in [0, 0.05) is 18.2 Å². The van der Waals surface area contributed by atoms with Crippen molar-refractivity contribution in [2.24, 2.45) is 0 Å². The van der Waals surface area contributed by atoms with E-state index in [2.05, 4.69) is 43.4 Å². The van der Waals surface area contributed by atoms with E-state index in [1.807, 2.05) is 6.92 Å². The Morgan fingerprint density at radius 2 is 1.83 bits per heavy atom. The first-order valence-corrected chi connectivity index (χ1v) is 4.57. The number of nitrogens with zero attached hydrogens (tertiary/aromatic N) is 2. The highest BCUT2D eigenvalue weighted by Gasteiger charge is 2.10. The van der Waals surface area contributed by atoms with Crippen LogP contribution in [0.3, 0.4) is 0 Å². The number of rotatable bonds is 2. The van der Waals surface area contributed by atoms with E-state index in [4.69, 9.17) is 0 Å². The number of aryl methyl sites for hydroxylation is 1. The van der Waals surface area contributed by atoms with Crippen LogP contribution in [0.15, 0.2) is 6.20 Å². The summed E-state index contributed by atoms with van der Waals surface area (Å²) in [5.74, 6) is 1.71. The molecule has 0 aliphatic heterocycles. The second-order valence-electron chi connectivity index (χ2n) is 3.90. The summed E-state index contributed by atoms with van der Waals surface area (Å²) in [5, 5.41) is 0. The van der Waals surface area contributed by atoms with Crippen LogP contribution >= 0.6 is 0 Å². The van der Waals surface area contributed by atoms with Gasteiger partial charge in [0.05, 0.1) is 5.69 Å². The zero-order valence-electron chi connectivity index (χ0n) is 8.63. The molecule has 0 amide bonds. The molecule has 68 valence electrons. The molecular weight excluding hydrogens is 148 g/mol. The maximum Gasteiger partial charge on any atom is 0.111 e. The smallest absolute Gasteiger partial charge is 0.111 e. The molecule has 0 saturated heterocycles. The maximum absolute atomic E-state index is 4.49. The third-order valence-electron chi connectivity index (χ3n) is 1.95. The molecule has 0 aliphatic rings. The van der Waals surface area contributed by atoms with Crippen molar-refractivity contribution in [1.29, 1.82) is 0 Å². The first-order valence-electron chi connectivity index (χ1n) is 4.57. The average molecular weight is 166 g/mol. The van der Waals surface area contributed by atoms with Gasteiger partial charge in [0.25, 0.3) is 0 Å². The molecule has 0 saturated carbocycles. The Balaban J connectivity index is 3.08. The van der Waals surface area contributed by atoms with Crippen molar-refractivity contribution >= 4 is 0 Å². The molecule has 1 heterocycles. The Bertz CT molecular complexity index is 233. The molecule has 1 rings (SSSR count). The van der Waals surface area contributed by atoms with Crippen LogP contribution in [0.1, 0.15) is 51.2 Å². The van der Waals surface area contributed by atoms with Crippen LogP contribution in [0.4, 0.5) is 0 Å². The van der Waals surface area contributed by atoms with Crippen molar-refractivity contribution in [3.63, 3.8) is 0 Å². The summed E-state index contributed by atoms with van der Waals surface area (Å²) in [6.07, 6.45) is 2.12. The van der Waals surface area contributed by atoms with Gasteiger partial charge < -0.3 is 4.57 Å². The van der Waals surface area contributed by atoms with E-state index in [1.54, 1.807) is 0 Å². The Kier molecular flexibility index (Phi) is 2.55. The zero-order valence-corrected chi connectivity index (χ0v) is 8.63. The van der Waals surface area contributed by atoms with E-state index >= 15 is 0 Å². The van der Waals surface area contributed by atoms with Gasteiger partial charge in [0.15, 0.2) is 0 Å². The van der Waals surface area contributed by atoms with E-state index < -0.39 is 0 Å². The normalized spacial score (nSPS) is 11.6. The monoisotopic (exact) mass is 166 g/mol. The molecule has 1 aromatic rings. The first kappa shape index (κ1) is 9.30. The van der Waals surface area contributed by atoms with Crippen LogP contribution in [0.25, 0.3) is 0 Å². The van der Waals surface area contributed by atoms with Gasteiger partial charge in [-0.25, -0.2) is 4.98 Å². The van der Waals surface area contributed by atoms with Crippen LogP contribution in [0, 0.1) is 6.92 Å². The topological polar surface area (TPSA) is 17.8 Å². The predicted molar refractivity (Wildman–Crippen MR) is 51.4 cm³/mol. The molecule has 0 fully saturated rings. The summed E-state index contributed by atoms with van der Waals surface area (Å²) >= 11 is 0. The van der Waals surface area contributed by atoms with Gasteiger partial charge >= 0.3 is 0 Å². The maximum atomic E-state index is 4.49. The Labute approximate surface area is 74.6 Å². The minimum atomic E-state index is 0.515. The van der Waals surface area contributed by atoms with Crippen LogP contribution in [0.5, 0.6) is 0 Å². The Morgan fingerprint density at radius 1 is 1.25 bits per heavy atom. The van der Waals surface area contributed by atoms with E-state index in [0.717, 1.165) is 5.69 Å². The Morgan fingerprint density at radius 3 is 2.17 bits per heavy atom. The van der Waals surface area contributed by atoms with Crippen molar-refractivity contribution in [3.05, 3.63) is 17.7 Å². The van der Waals surface area contributed by atoms with Crippen molar-refractivity contribution in [2.45, 2.75) is 46.6 Å². The van der Waals surface area contributed by atoms with Gasteiger partial charge in [0.1, 0.15) is 5.82 Å². The fraction of sp³-hybridized carbons (Fsp3) is 0.700. The molecule has 1 aromatic heterocycles. The molecule has 0 aliphatic carbocycles. The Hall–Kier alpha value is -0.790. The van der Waals surface area contributed by atoms with E-state index in [0.29, 0.717) is 12.0 Å². The molecule has 2 nitrogen and oxygen atoms in total. The summed E-state index contributed by atoms with van der Waals surface area (Å²) < 4.78 is 2.25. The SMILES string of the molecule is Cc1cn(C(C)C)c(C(C)C)n1. The van der Waals surface area contributed by atoms with Crippen LogP contribution in [-0.2, 0) is 0 Å². The zero-order chi connectivity index (χ0) is 9.30. The molecule has 0 N–H and O–H groups in total. The first-order chi connectivity index (χ1) is 5.52. The molecule has 0 atom stereocenters. The lowest BCUT2D eigenvalue weighted by Gasteiger charge is -2.13. The highest BCUT2D eigenvalue weighted by atomic mass is 15.1. The molecule has 0 radical (unpaired) electrons. The van der Waals surface area contributed by atoms with Crippen molar-refractivity contribution in [3.8, 4) is 0 Å². The summed E-state index contributed by atoms with van der Waals surface area (Å²) in [5.41, 5.74) is 1.12. The second-order valence-corrected chi connectivity index (χ2v) is 3.90. The van der Waals surface area contributed by atoms with Crippen LogP contribution in [0.2, 0.25) is 0 Å². The van der Waals surface area contributed by atoms with Gasteiger partial charge in [0.2, 0.25) is 0 Å². The fourth-order valence-corrected chi connectivity index (χ4v) is 1.38. The summed E-state index contributed by atoms with van der Waals surface area (Å²) in [6, 6.07) is 0.517. The summed E-state index contributed by atoms with van der Waals surface area (Å²) in [7, 11) is 0. The molecule has 0 unspecified atom stereocenters. The van der Waals surface area contributed by atoms with E-state index in [-0.39, 0.29) is 0 Å². The molecule has 2 heteroatoms. The van der Waals surface area contributed by atoms with Gasteiger partial charge in [-0.15, -0.1) is 0 Å². The largest absolute Gasteiger partial charge is 0.332 e. The van der Waals surface area contributed by atoms with E-state index in [1.165, 1.54) is 5.82 Å². The third kappa shape index (κ3) is 1.68. The summed E-state index contributed by atoms with van der Waals surface area (Å²) in [4.78, 5) is 4.49. The number of imidazole rings is 1. The number of hydrogen-bond acceptors (Lipinski definition) is 1.